The number of carbonyl (C=O) groups excluding carboxylic acids is 1. The Morgan fingerprint density at radius 1 is 1.45 bits per heavy atom. The molecule has 0 radical (unpaired) electrons. The Morgan fingerprint density at radius 3 is 2.91 bits per heavy atom. The van der Waals surface area contributed by atoms with E-state index in [-0.39, 0.29) is 13.2 Å². The number of rotatable bonds is 3. The highest BCUT2D eigenvalue weighted by molar-refractivity contribution is 5.90. The van der Waals surface area contributed by atoms with Crippen LogP contribution in [0, 0.1) is 5.82 Å². The van der Waals surface area contributed by atoms with Crippen LogP contribution in [0.15, 0.2) is 42.7 Å². The summed E-state index contributed by atoms with van der Waals surface area (Å²) in [6.07, 6.45) is 2.55. The highest BCUT2D eigenvalue weighted by Crippen LogP contribution is 2.28. The molecule has 0 unspecified atom stereocenters. The fourth-order valence-electron chi connectivity index (χ4n) is 2.48. The molecule has 1 aliphatic heterocycles. The van der Waals surface area contributed by atoms with Crippen molar-refractivity contribution in [2.45, 2.75) is 6.10 Å². The first kappa shape index (κ1) is 14.5. The number of carbonyl (C=O) groups is 1. The van der Waals surface area contributed by atoms with E-state index in [1.54, 1.807) is 12.1 Å². The monoisotopic (exact) mass is 303 g/mol. The number of halogens is 1. The minimum atomic E-state index is -0.572. The number of hydrogen-bond donors (Lipinski definition) is 1. The summed E-state index contributed by atoms with van der Waals surface area (Å²) in [5, 5.41) is 9.04. The summed E-state index contributed by atoms with van der Waals surface area (Å²) < 4.78 is 21.2. The van der Waals surface area contributed by atoms with Gasteiger partial charge in [0.05, 0.1) is 18.8 Å². The molecule has 0 aliphatic carbocycles. The fraction of sp³-hybridized carbons (Fsp3) is 0.250. The van der Waals surface area contributed by atoms with Crippen molar-refractivity contribution in [3.05, 3.63) is 48.5 Å². The lowest BCUT2D eigenvalue weighted by Crippen LogP contribution is -2.26. The molecule has 1 aliphatic rings. The van der Waals surface area contributed by atoms with Crippen molar-refractivity contribution in [2.75, 3.05) is 18.1 Å². The zero-order valence-corrected chi connectivity index (χ0v) is 12.1. The maximum absolute atomic E-state index is 14.4. The number of amides is 1. The van der Waals surface area contributed by atoms with E-state index in [0.29, 0.717) is 11.3 Å². The van der Waals surface area contributed by atoms with Crippen molar-refractivity contribution in [2.24, 2.45) is 7.05 Å². The van der Waals surface area contributed by atoms with Crippen LogP contribution in [-0.4, -0.2) is 30.5 Å². The maximum atomic E-state index is 14.4. The molecular weight excluding hydrogens is 287 g/mol. The van der Waals surface area contributed by atoms with E-state index in [0.717, 1.165) is 5.56 Å². The second kappa shape index (κ2) is 5.73. The number of aryl methyl sites for hydroxylation is 1. The predicted molar refractivity (Wildman–Crippen MR) is 77.7 cm³/mol. The SMILES string of the molecule is C[n+]1cccc(-c2ccc(N3C[C@H](CO)OC3=O)cc2F)c1. The van der Waals surface area contributed by atoms with Crippen LogP contribution >= 0.6 is 0 Å². The van der Waals surface area contributed by atoms with Gasteiger partial charge in [-0.1, -0.05) is 0 Å². The average Bonchev–Trinajstić information content (AvgIpc) is 2.88. The van der Waals surface area contributed by atoms with Gasteiger partial charge >= 0.3 is 6.09 Å². The Kier molecular flexibility index (Phi) is 3.77. The molecule has 1 saturated heterocycles. The number of nitrogens with zero attached hydrogens (tertiary/aromatic N) is 2. The van der Waals surface area contributed by atoms with Crippen LogP contribution in [0.25, 0.3) is 11.1 Å². The van der Waals surface area contributed by atoms with Gasteiger partial charge < -0.3 is 9.84 Å². The molecule has 1 aromatic carbocycles. The van der Waals surface area contributed by atoms with Crippen molar-refractivity contribution >= 4 is 11.8 Å². The molecule has 0 saturated carbocycles. The number of cyclic esters (lactones) is 1. The molecule has 3 rings (SSSR count). The molecule has 0 bridgehead atoms. The highest BCUT2D eigenvalue weighted by atomic mass is 19.1. The van der Waals surface area contributed by atoms with E-state index in [9.17, 15) is 9.18 Å². The fourth-order valence-corrected chi connectivity index (χ4v) is 2.48. The van der Waals surface area contributed by atoms with E-state index in [1.807, 2.05) is 36.1 Å². The van der Waals surface area contributed by atoms with Gasteiger partial charge in [0.15, 0.2) is 12.4 Å². The highest BCUT2D eigenvalue weighted by Gasteiger charge is 2.32. The van der Waals surface area contributed by atoms with Gasteiger partial charge in [-0.05, 0) is 24.3 Å². The Morgan fingerprint density at radius 2 is 2.27 bits per heavy atom. The van der Waals surface area contributed by atoms with Gasteiger partial charge in [-0.15, -0.1) is 0 Å². The lowest BCUT2D eigenvalue weighted by atomic mass is 10.1. The minimum Gasteiger partial charge on any atom is -0.441 e. The predicted octanol–water partition coefficient (Wildman–Crippen LogP) is 1.63. The number of ether oxygens (including phenoxy) is 1. The molecular formula is C16H16FN2O3+. The molecule has 114 valence electrons. The van der Waals surface area contributed by atoms with Crippen LogP contribution in [0.4, 0.5) is 14.9 Å². The molecule has 1 N–H and O–H groups in total. The lowest BCUT2D eigenvalue weighted by molar-refractivity contribution is -0.671. The first-order chi connectivity index (χ1) is 10.6. The second-order valence-electron chi connectivity index (χ2n) is 5.22. The summed E-state index contributed by atoms with van der Waals surface area (Å²) in [6, 6.07) is 8.28. The zero-order valence-electron chi connectivity index (χ0n) is 12.1. The van der Waals surface area contributed by atoms with Crippen LogP contribution < -0.4 is 9.47 Å². The van der Waals surface area contributed by atoms with Crippen molar-refractivity contribution in [1.29, 1.82) is 0 Å². The van der Waals surface area contributed by atoms with Gasteiger partial charge in [-0.3, -0.25) is 4.90 Å². The topological polar surface area (TPSA) is 53.6 Å². The van der Waals surface area contributed by atoms with E-state index >= 15 is 0 Å². The van der Waals surface area contributed by atoms with Gasteiger partial charge in [0.1, 0.15) is 19.0 Å². The number of benzene rings is 1. The first-order valence-corrected chi connectivity index (χ1v) is 6.92. The molecule has 6 heteroatoms. The number of pyridine rings is 1. The molecule has 1 amide bonds. The quantitative estimate of drug-likeness (QED) is 0.877. The normalized spacial score (nSPS) is 17.7. The van der Waals surface area contributed by atoms with Crippen molar-refractivity contribution in [3.8, 4) is 11.1 Å². The number of aliphatic hydroxyl groups is 1. The number of aliphatic hydroxyl groups excluding tert-OH is 1. The van der Waals surface area contributed by atoms with E-state index < -0.39 is 18.0 Å². The first-order valence-electron chi connectivity index (χ1n) is 6.92. The largest absolute Gasteiger partial charge is 0.441 e. The smallest absolute Gasteiger partial charge is 0.414 e. The summed E-state index contributed by atoms with van der Waals surface area (Å²) >= 11 is 0. The van der Waals surface area contributed by atoms with Crippen LogP contribution in [0.2, 0.25) is 0 Å². The molecule has 1 atom stereocenters. The van der Waals surface area contributed by atoms with Gasteiger partial charge in [0.25, 0.3) is 0 Å². The third kappa shape index (κ3) is 2.65. The van der Waals surface area contributed by atoms with Gasteiger partial charge in [0, 0.05) is 17.2 Å². The summed E-state index contributed by atoms with van der Waals surface area (Å²) in [6.45, 7) is -0.0300. The number of aromatic nitrogens is 1. The summed E-state index contributed by atoms with van der Waals surface area (Å²) in [4.78, 5) is 13.0. The molecule has 22 heavy (non-hydrogen) atoms. The van der Waals surface area contributed by atoms with Crippen LogP contribution in [0.5, 0.6) is 0 Å². The van der Waals surface area contributed by atoms with Crippen molar-refractivity contribution in [3.63, 3.8) is 0 Å². The van der Waals surface area contributed by atoms with Crippen molar-refractivity contribution < 1.29 is 23.6 Å². The summed E-state index contributed by atoms with van der Waals surface area (Å²) in [7, 11) is 1.87. The van der Waals surface area contributed by atoms with Crippen LogP contribution in [-0.2, 0) is 11.8 Å². The molecule has 0 spiro atoms. The third-order valence-electron chi connectivity index (χ3n) is 3.59. The van der Waals surface area contributed by atoms with Gasteiger partial charge in [0.2, 0.25) is 0 Å². The Hall–Kier alpha value is -2.47. The summed E-state index contributed by atoms with van der Waals surface area (Å²) in [5.74, 6) is -0.413. The summed E-state index contributed by atoms with van der Waals surface area (Å²) in [5.41, 5.74) is 1.64. The lowest BCUT2D eigenvalue weighted by Gasteiger charge is -2.14. The van der Waals surface area contributed by atoms with Gasteiger partial charge in [-0.2, -0.15) is 0 Å². The Balaban J connectivity index is 1.91. The van der Waals surface area contributed by atoms with E-state index in [2.05, 4.69) is 0 Å². The van der Waals surface area contributed by atoms with Crippen LogP contribution in [0.3, 0.4) is 0 Å². The molecule has 2 aromatic rings. The molecule has 1 fully saturated rings. The third-order valence-corrected chi connectivity index (χ3v) is 3.59. The average molecular weight is 303 g/mol. The van der Waals surface area contributed by atoms with Crippen molar-refractivity contribution in [1.82, 2.24) is 0 Å². The standard InChI is InChI=1S/C16H16FN2O3/c1-18-6-2-3-11(8-18)14-5-4-12(7-15(14)17)19-9-13(10-20)22-16(19)21/h2-8,13,20H,9-10H2,1H3/q+1/t13-/m1/s1. The molecule has 2 heterocycles. The van der Waals surface area contributed by atoms with E-state index in [4.69, 9.17) is 9.84 Å². The Bertz CT molecular complexity index is 720. The molecule has 5 nitrogen and oxygen atoms in total. The maximum Gasteiger partial charge on any atom is 0.414 e. The minimum absolute atomic E-state index is 0.217. The van der Waals surface area contributed by atoms with Crippen LogP contribution in [0.1, 0.15) is 0 Å². The zero-order chi connectivity index (χ0) is 15.7. The number of anilines is 1. The number of hydrogen-bond acceptors (Lipinski definition) is 3. The van der Waals surface area contributed by atoms with E-state index in [1.165, 1.54) is 11.0 Å². The molecule has 1 aromatic heterocycles. The van der Waals surface area contributed by atoms with Gasteiger partial charge in [-0.25, -0.2) is 13.8 Å². The Labute approximate surface area is 127 Å². The second-order valence-corrected chi connectivity index (χ2v) is 5.22.